The lowest BCUT2D eigenvalue weighted by Gasteiger charge is -2.24. The molecule has 146 valence electrons. The fourth-order valence-electron chi connectivity index (χ4n) is 2.77. The van der Waals surface area contributed by atoms with Gasteiger partial charge in [-0.2, -0.15) is 0 Å². The van der Waals surface area contributed by atoms with Crippen molar-refractivity contribution in [2.75, 3.05) is 18.5 Å². The van der Waals surface area contributed by atoms with E-state index < -0.39 is 10.0 Å². The third kappa shape index (κ3) is 4.09. The van der Waals surface area contributed by atoms with Crippen LogP contribution in [0.1, 0.15) is 11.1 Å². The van der Waals surface area contributed by atoms with Gasteiger partial charge in [0.1, 0.15) is 17.3 Å². The average molecular weight is 398 g/mol. The Bertz CT molecular complexity index is 1040. The lowest BCUT2D eigenvalue weighted by Crippen LogP contribution is -2.31. The maximum absolute atomic E-state index is 13.4. The highest BCUT2D eigenvalue weighted by Crippen LogP contribution is 2.30. The highest BCUT2D eigenvalue weighted by molar-refractivity contribution is 7.92. The molecular weight excluding hydrogens is 376 g/mol. The molecule has 0 N–H and O–H groups in total. The molecule has 0 saturated carbocycles. The summed E-state index contributed by atoms with van der Waals surface area (Å²) in [5, 5.41) is 0. The van der Waals surface area contributed by atoms with E-state index in [1.807, 2.05) is 6.92 Å². The van der Waals surface area contributed by atoms with Crippen LogP contribution in [0.2, 0.25) is 0 Å². The molecule has 3 rings (SSSR count). The maximum atomic E-state index is 13.4. The van der Waals surface area contributed by atoms with Crippen molar-refractivity contribution in [2.45, 2.75) is 18.4 Å². The Balaban J connectivity index is 2.07. The molecule has 0 atom stereocenters. The fraction of sp³-hybridized carbons (Fsp3) is 0.190. The first-order valence-corrected chi connectivity index (χ1v) is 10.1. The van der Waals surface area contributed by atoms with Gasteiger partial charge in [-0.15, -0.1) is 0 Å². The van der Waals surface area contributed by atoms with Gasteiger partial charge in [-0.1, -0.05) is 23.8 Å². The predicted molar refractivity (Wildman–Crippen MR) is 108 cm³/mol. The van der Waals surface area contributed by atoms with Gasteiger partial charge in [-0.05, 0) is 43.3 Å². The topological polar surface area (TPSA) is 68.7 Å². The second-order valence-electron chi connectivity index (χ2n) is 6.19. The zero-order valence-electron chi connectivity index (χ0n) is 16.0. The molecule has 2 aromatic carbocycles. The molecule has 0 amide bonds. The number of nitrogens with zero attached hydrogens (tertiary/aromatic N) is 2. The van der Waals surface area contributed by atoms with Crippen molar-refractivity contribution in [1.82, 2.24) is 4.98 Å². The van der Waals surface area contributed by atoms with Crippen LogP contribution < -0.4 is 13.8 Å². The summed E-state index contributed by atoms with van der Waals surface area (Å²) in [6, 6.07) is 17.2. The van der Waals surface area contributed by atoms with E-state index >= 15 is 0 Å². The Labute approximate surface area is 165 Å². The zero-order chi connectivity index (χ0) is 20.1. The Morgan fingerprint density at radius 3 is 2.32 bits per heavy atom. The highest BCUT2D eigenvalue weighted by atomic mass is 32.2. The van der Waals surface area contributed by atoms with Gasteiger partial charge >= 0.3 is 0 Å². The minimum absolute atomic E-state index is 0.0698. The van der Waals surface area contributed by atoms with Gasteiger partial charge in [-0.3, -0.25) is 0 Å². The van der Waals surface area contributed by atoms with Crippen molar-refractivity contribution in [3.63, 3.8) is 0 Å². The number of sulfonamides is 1. The summed E-state index contributed by atoms with van der Waals surface area (Å²) in [6.45, 7) is 1.98. The maximum Gasteiger partial charge on any atom is 0.265 e. The summed E-state index contributed by atoms with van der Waals surface area (Å²) in [5.41, 5.74) is 1.68. The molecule has 3 aromatic rings. The van der Waals surface area contributed by atoms with E-state index in [0.29, 0.717) is 22.9 Å². The van der Waals surface area contributed by atoms with Crippen LogP contribution in [0, 0.1) is 6.92 Å². The van der Waals surface area contributed by atoms with Gasteiger partial charge in [0, 0.05) is 17.8 Å². The Morgan fingerprint density at radius 2 is 1.71 bits per heavy atom. The van der Waals surface area contributed by atoms with E-state index in [2.05, 4.69) is 4.98 Å². The molecule has 0 bridgehead atoms. The third-order valence-electron chi connectivity index (χ3n) is 4.32. The van der Waals surface area contributed by atoms with Gasteiger partial charge < -0.3 is 9.47 Å². The first-order valence-electron chi connectivity index (χ1n) is 8.67. The summed E-state index contributed by atoms with van der Waals surface area (Å²) in [7, 11) is -0.720. The van der Waals surface area contributed by atoms with Crippen LogP contribution in [0.25, 0.3) is 0 Å². The molecule has 0 fully saturated rings. The highest BCUT2D eigenvalue weighted by Gasteiger charge is 2.27. The Kier molecular flexibility index (Phi) is 5.84. The van der Waals surface area contributed by atoms with Crippen molar-refractivity contribution >= 4 is 15.8 Å². The first-order chi connectivity index (χ1) is 13.5. The number of benzene rings is 2. The van der Waals surface area contributed by atoms with E-state index in [1.165, 1.54) is 11.4 Å². The van der Waals surface area contributed by atoms with Crippen LogP contribution in [-0.2, 0) is 16.6 Å². The van der Waals surface area contributed by atoms with Crippen molar-refractivity contribution in [1.29, 1.82) is 0 Å². The molecule has 7 heteroatoms. The van der Waals surface area contributed by atoms with Gasteiger partial charge in [0.25, 0.3) is 10.0 Å². The number of aryl methyl sites for hydroxylation is 1. The van der Waals surface area contributed by atoms with Crippen molar-refractivity contribution in [3.05, 3.63) is 78.0 Å². The molecule has 0 unspecified atom stereocenters. The molecular formula is C21H22N2O4S. The zero-order valence-corrected chi connectivity index (χ0v) is 16.8. The monoisotopic (exact) mass is 398 g/mol. The summed E-state index contributed by atoms with van der Waals surface area (Å²) >= 11 is 0. The third-order valence-corrected chi connectivity index (χ3v) is 6.09. The SMILES string of the molecule is COc1ccc(CN(c2ccccn2)S(=O)(=O)c2ccc(C)cc2)c(OC)c1. The lowest BCUT2D eigenvalue weighted by molar-refractivity contribution is 0.391. The van der Waals surface area contributed by atoms with E-state index in [1.54, 1.807) is 74.0 Å². The Morgan fingerprint density at radius 1 is 0.964 bits per heavy atom. The van der Waals surface area contributed by atoms with E-state index in [0.717, 1.165) is 5.56 Å². The van der Waals surface area contributed by atoms with Gasteiger partial charge in [0.2, 0.25) is 0 Å². The van der Waals surface area contributed by atoms with Crippen molar-refractivity contribution < 1.29 is 17.9 Å². The molecule has 0 radical (unpaired) electrons. The first kappa shape index (κ1) is 19.7. The van der Waals surface area contributed by atoms with Crippen molar-refractivity contribution in [3.8, 4) is 11.5 Å². The second kappa shape index (κ2) is 8.31. The average Bonchev–Trinajstić information content (AvgIpc) is 2.72. The molecule has 28 heavy (non-hydrogen) atoms. The van der Waals surface area contributed by atoms with Crippen LogP contribution in [0.5, 0.6) is 11.5 Å². The van der Waals surface area contributed by atoms with E-state index in [9.17, 15) is 8.42 Å². The van der Waals surface area contributed by atoms with Crippen LogP contribution in [0.3, 0.4) is 0 Å². The number of hydrogen-bond donors (Lipinski definition) is 0. The number of hydrogen-bond acceptors (Lipinski definition) is 5. The Hall–Kier alpha value is -3.06. The molecule has 0 saturated heterocycles. The lowest BCUT2D eigenvalue weighted by atomic mass is 10.2. The van der Waals surface area contributed by atoms with Crippen LogP contribution in [0.15, 0.2) is 71.8 Å². The fourth-order valence-corrected chi connectivity index (χ4v) is 4.16. The second-order valence-corrected chi connectivity index (χ2v) is 8.05. The van der Waals surface area contributed by atoms with Crippen LogP contribution >= 0.6 is 0 Å². The number of ether oxygens (including phenoxy) is 2. The standard InChI is InChI=1S/C21H22N2O4S/c1-16-7-11-19(12-8-16)28(24,25)23(21-6-4-5-13-22-21)15-17-9-10-18(26-2)14-20(17)27-3/h4-14H,15H2,1-3H3. The van der Waals surface area contributed by atoms with E-state index in [4.69, 9.17) is 9.47 Å². The molecule has 0 aliphatic rings. The van der Waals surface area contributed by atoms with Gasteiger partial charge in [-0.25, -0.2) is 17.7 Å². The number of pyridine rings is 1. The largest absolute Gasteiger partial charge is 0.497 e. The number of aromatic nitrogens is 1. The van der Waals surface area contributed by atoms with Crippen LogP contribution in [-0.4, -0.2) is 27.6 Å². The van der Waals surface area contributed by atoms with Gasteiger partial charge in [0.15, 0.2) is 0 Å². The molecule has 0 aliphatic carbocycles. The summed E-state index contributed by atoms with van der Waals surface area (Å²) in [6.07, 6.45) is 1.57. The quantitative estimate of drug-likeness (QED) is 0.605. The normalized spacial score (nSPS) is 11.1. The smallest absolute Gasteiger partial charge is 0.265 e. The summed E-state index contributed by atoms with van der Waals surface area (Å²) in [5.74, 6) is 1.51. The molecule has 0 aliphatic heterocycles. The van der Waals surface area contributed by atoms with E-state index in [-0.39, 0.29) is 11.4 Å². The summed E-state index contributed by atoms with van der Waals surface area (Å²) < 4.78 is 38.7. The summed E-state index contributed by atoms with van der Waals surface area (Å²) in [4.78, 5) is 4.46. The van der Waals surface area contributed by atoms with Gasteiger partial charge in [0.05, 0.1) is 25.7 Å². The predicted octanol–water partition coefficient (Wildman–Crippen LogP) is 3.80. The molecule has 1 heterocycles. The molecule has 6 nitrogen and oxygen atoms in total. The molecule has 1 aromatic heterocycles. The number of rotatable bonds is 7. The minimum atomic E-state index is -3.83. The minimum Gasteiger partial charge on any atom is -0.497 e. The molecule has 0 spiro atoms. The van der Waals surface area contributed by atoms with Crippen LogP contribution in [0.4, 0.5) is 5.82 Å². The van der Waals surface area contributed by atoms with Crippen molar-refractivity contribution in [2.24, 2.45) is 0 Å². The number of methoxy groups -OCH3 is 2. The number of anilines is 1.